The Morgan fingerprint density at radius 2 is 2.00 bits per heavy atom. The maximum absolute atomic E-state index is 11.8. The topological polar surface area (TPSA) is 67.8 Å². The van der Waals surface area contributed by atoms with Gasteiger partial charge in [-0.2, -0.15) is 0 Å². The van der Waals surface area contributed by atoms with Crippen LogP contribution in [0.4, 0.5) is 4.79 Å². The van der Waals surface area contributed by atoms with Gasteiger partial charge in [0, 0.05) is 0 Å². The molecule has 0 radical (unpaired) electrons. The first-order valence-electron chi connectivity index (χ1n) is 6.50. The summed E-state index contributed by atoms with van der Waals surface area (Å²) in [5.74, 6) is 0. The molecular formula is C15H20N2O3. The number of hydrogen-bond acceptors (Lipinski definition) is 4. The standard InChI is InChI=1S/C15H20N2O3/c1-15(2,3)20-14(19)17-13(9-10-16-11-18)12-7-5-4-6-8-12/h4-8,13H,9-10H2,1-3H3,(H,17,19). The molecule has 5 nitrogen and oxygen atoms in total. The molecular weight excluding hydrogens is 256 g/mol. The van der Waals surface area contributed by atoms with E-state index in [1.165, 1.54) is 6.08 Å². The second-order valence-corrected chi connectivity index (χ2v) is 5.37. The summed E-state index contributed by atoms with van der Waals surface area (Å²) in [6, 6.07) is 9.25. The van der Waals surface area contributed by atoms with Gasteiger partial charge in [0.2, 0.25) is 6.08 Å². The number of isocyanates is 1. The van der Waals surface area contributed by atoms with Crippen molar-refractivity contribution in [1.29, 1.82) is 0 Å². The van der Waals surface area contributed by atoms with Crippen molar-refractivity contribution < 1.29 is 14.3 Å². The highest BCUT2D eigenvalue weighted by molar-refractivity contribution is 5.68. The largest absolute Gasteiger partial charge is 0.444 e. The van der Waals surface area contributed by atoms with Crippen molar-refractivity contribution in [3.8, 4) is 0 Å². The maximum atomic E-state index is 11.8. The minimum atomic E-state index is -0.549. The number of benzene rings is 1. The van der Waals surface area contributed by atoms with E-state index < -0.39 is 11.7 Å². The van der Waals surface area contributed by atoms with Crippen molar-refractivity contribution in [1.82, 2.24) is 5.32 Å². The molecule has 108 valence electrons. The summed E-state index contributed by atoms with van der Waals surface area (Å²) in [4.78, 5) is 25.5. The van der Waals surface area contributed by atoms with Gasteiger partial charge in [0.25, 0.3) is 0 Å². The van der Waals surface area contributed by atoms with E-state index in [-0.39, 0.29) is 6.04 Å². The molecule has 0 aromatic heterocycles. The Bertz CT molecular complexity index is 474. The Hall–Kier alpha value is -2.13. The van der Waals surface area contributed by atoms with Crippen LogP contribution < -0.4 is 5.32 Å². The van der Waals surface area contributed by atoms with Gasteiger partial charge in [0.05, 0.1) is 12.6 Å². The SMILES string of the molecule is CC(C)(C)OC(=O)NC(CCN=C=O)c1ccccc1. The lowest BCUT2D eigenvalue weighted by Gasteiger charge is -2.23. The first-order valence-corrected chi connectivity index (χ1v) is 6.50. The molecule has 0 saturated carbocycles. The minimum absolute atomic E-state index is 0.247. The Morgan fingerprint density at radius 3 is 2.55 bits per heavy atom. The van der Waals surface area contributed by atoms with Crippen LogP contribution >= 0.6 is 0 Å². The molecule has 1 aromatic carbocycles. The summed E-state index contributed by atoms with van der Waals surface area (Å²) >= 11 is 0. The first kappa shape index (κ1) is 15.9. The van der Waals surface area contributed by atoms with E-state index in [1.54, 1.807) is 20.8 Å². The van der Waals surface area contributed by atoms with Gasteiger partial charge in [-0.25, -0.2) is 14.6 Å². The number of carbonyl (C=O) groups is 1. The summed E-state index contributed by atoms with van der Waals surface area (Å²) in [6.07, 6.45) is 1.52. The van der Waals surface area contributed by atoms with Gasteiger partial charge in [-0.05, 0) is 32.8 Å². The number of ether oxygens (including phenoxy) is 1. The molecule has 0 spiro atoms. The number of nitrogens with one attached hydrogen (secondary N) is 1. The molecule has 1 aromatic rings. The first-order chi connectivity index (χ1) is 9.42. The molecule has 5 heteroatoms. The van der Waals surface area contributed by atoms with Crippen LogP contribution in [0.25, 0.3) is 0 Å². The highest BCUT2D eigenvalue weighted by Crippen LogP contribution is 2.17. The molecule has 1 amide bonds. The fourth-order valence-corrected chi connectivity index (χ4v) is 1.70. The molecule has 0 saturated heterocycles. The zero-order chi connectivity index (χ0) is 15.0. The summed E-state index contributed by atoms with van der Waals surface area (Å²) in [6.45, 7) is 5.72. The zero-order valence-corrected chi connectivity index (χ0v) is 12.1. The maximum Gasteiger partial charge on any atom is 0.408 e. The molecule has 0 aliphatic rings. The smallest absolute Gasteiger partial charge is 0.408 e. The molecule has 0 bridgehead atoms. The number of nitrogens with zero attached hydrogens (tertiary/aromatic N) is 1. The summed E-state index contributed by atoms with van der Waals surface area (Å²) in [7, 11) is 0. The van der Waals surface area contributed by atoms with Gasteiger partial charge in [-0.3, -0.25) is 0 Å². The van der Waals surface area contributed by atoms with E-state index in [9.17, 15) is 9.59 Å². The van der Waals surface area contributed by atoms with Crippen LogP contribution in [0.1, 0.15) is 38.8 Å². The number of hydrogen-bond donors (Lipinski definition) is 1. The quantitative estimate of drug-likeness (QED) is 0.664. The van der Waals surface area contributed by atoms with Crippen LogP contribution in [-0.2, 0) is 9.53 Å². The Morgan fingerprint density at radius 1 is 1.35 bits per heavy atom. The summed E-state index contributed by atoms with van der Waals surface area (Å²) < 4.78 is 5.24. The van der Waals surface area contributed by atoms with Crippen LogP contribution in [0.2, 0.25) is 0 Å². The zero-order valence-electron chi connectivity index (χ0n) is 12.1. The average molecular weight is 276 g/mol. The normalized spacial score (nSPS) is 12.2. The lowest BCUT2D eigenvalue weighted by atomic mass is 10.0. The summed E-state index contributed by atoms with van der Waals surface area (Å²) in [5, 5.41) is 2.80. The van der Waals surface area contributed by atoms with E-state index in [2.05, 4.69) is 10.3 Å². The number of carbonyl (C=O) groups excluding carboxylic acids is 2. The average Bonchev–Trinajstić information content (AvgIpc) is 2.37. The van der Waals surface area contributed by atoms with Gasteiger partial charge >= 0.3 is 6.09 Å². The predicted molar refractivity (Wildman–Crippen MR) is 76.2 cm³/mol. The molecule has 0 aliphatic carbocycles. The molecule has 0 heterocycles. The monoisotopic (exact) mass is 276 g/mol. The van der Waals surface area contributed by atoms with Crippen molar-refractivity contribution in [2.45, 2.75) is 38.8 Å². The van der Waals surface area contributed by atoms with Crippen molar-refractivity contribution >= 4 is 12.2 Å². The van der Waals surface area contributed by atoms with Crippen LogP contribution in [0.3, 0.4) is 0 Å². The molecule has 1 atom stereocenters. The third-order valence-corrected chi connectivity index (χ3v) is 2.49. The highest BCUT2D eigenvalue weighted by Gasteiger charge is 2.20. The number of alkyl carbamates (subject to hydrolysis) is 1. The molecule has 0 aliphatic heterocycles. The van der Waals surface area contributed by atoms with E-state index in [0.29, 0.717) is 13.0 Å². The lowest BCUT2D eigenvalue weighted by Crippen LogP contribution is -2.35. The fourth-order valence-electron chi connectivity index (χ4n) is 1.70. The lowest BCUT2D eigenvalue weighted by molar-refractivity contribution is 0.0501. The number of aliphatic imine (C=N–C) groups is 1. The van der Waals surface area contributed by atoms with Crippen molar-refractivity contribution in [3.63, 3.8) is 0 Å². The Labute approximate surface area is 119 Å². The molecule has 1 N–H and O–H groups in total. The fraction of sp³-hybridized carbons (Fsp3) is 0.467. The third-order valence-electron chi connectivity index (χ3n) is 2.49. The van der Waals surface area contributed by atoms with Gasteiger partial charge in [0.15, 0.2) is 0 Å². The third kappa shape index (κ3) is 6.16. The minimum Gasteiger partial charge on any atom is -0.444 e. The second-order valence-electron chi connectivity index (χ2n) is 5.37. The highest BCUT2D eigenvalue weighted by atomic mass is 16.6. The van der Waals surface area contributed by atoms with Gasteiger partial charge in [-0.15, -0.1) is 0 Å². The van der Waals surface area contributed by atoms with Crippen LogP contribution in [0.5, 0.6) is 0 Å². The van der Waals surface area contributed by atoms with Crippen LogP contribution in [0.15, 0.2) is 35.3 Å². The number of amides is 1. The molecule has 1 rings (SSSR count). The molecule has 20 heavy (non-hydrogen) atoms. The van der Waals surface area contributed by atoms with Crippen molar-refractivity contribution in [2.75, 3.05) is 6.54 Å². The Balaban J connectivity index is 2.73. The van der Waals surface area contributed by atoms with E-state index in [4.69, 9.17) is 4.74 Å². The van der Waals surface area contributed by atoms with Crippen molar-refractivity contribution in [2.24, 2.45) is 4.99 Å². The van der Waals surface area contributed by atoms with E-state index in [0.717, 1.165) is 5.56 Å². The van der Waals surface area contributed by atoms with E-state index in [1.807, 2.05) is 30.3 Å². The second kappa shape index (κ2) is 7.46. The van der Waals surface area contributed by atoms with Crippen LogP contribution in [0, 0.1) is 0 Å². The Kier molecular flexibility index (Phi) is 5.94. The van der Waals surface area contributed by atoms with E-state index >= 15 is 0 Å². The van der Waals surface area contributed by atoms with Gasteiger partial charge in [0.1, 0.15) is 5.60 Å². The van der Waals surface area contributed by atoms with Crippen LogP contribution in [-0.4, -0.2) is 24.3 Å². The van der Waals surface area contributed by atoms with Crippen molar-refractivity contribution in [3.05, 3.63) is 35.9 Å². The summed E-state index contributed by atoms with van der Waals surface area (Å²) in [5.41, 5.74) is 0.395. The van der Waals surface area contributed by atoms with Gasteiger partial charge < -0.3 is 10.1 Å². The van der Waals surface area contributed by atoms with Gasteiger partial charge in [-0.1, -0.05) is 30.3 Å². The molecule has 1 unspecified atom stereocenters. The number of rotatable bonds is 5. The molecule has 0 fully saturated rings. The predicted octanol–water partition coefficient (Wildman–Crippen LogP) is 2.98.